The Morgan fingerprint density at radius 3 is 2.67 bits per heavy atom. The number of unbranched alkanes of at least 4 members (excludes halogenated alkanes) is 2. The van der Waals surface area contributed by atoms with Crippen LogP contribution in [-0.2, 0) is 17.8 Å². The fourth-order valence-electron chi connectivity index (χ4n) is 2.09. The van der Waals surface area contributed by atoms with E-state index < -0.39 is 0 Å². The zero-order chi connectivity index (χ0) is 15.7. The smallest absolute Gasteiger partial charge is 0.135 e. The molecule has 0 aliphatic heterocycles. The largest absolute Gasteiger partial charge is 0.314 e. The van der Waals surface area contributed by atoms with Crippen LogP contribution >= 0.6 is 0 Å². The molecule has 0 aromatic carbocycles. The van der Waals surface area contributed by atoms with Gasteiger partial charge in [0.15, 0.2) is 0 Å². The summed E-state index contributed by atoms with van der Waals surface area (Å²) in [6.45, 7) is 10.0. The highest BCUT2D eigenvalue weighted by Gasteiger charge is 2.06. The molecular formula is C16H30N4O. The molecule has 0 amide bonds. The van der Waals surface area contributed by atoms with E-state index in [-0.39, 0.29) is 5.92 Å². The Hall–Kier alpha value is -1.23. The van der Waals surface area contributed by atoms with Crippen molar-refractivity contribution in [2.45, 2.75) is 72.4 Å². The van der Waals surface area contributed by atoms with Gasteiger partial charge in [0, 0.05) is 44.1 Å². The topological polar surface area (TPSA) is 59.8 Å². The summed E-state index contributed by atoms with van der Waals surface area (Å²) in [4.78, 5) is 11.5. The summed E-state index contributed by atoms with van der Waals surface area (Å²) in [5, 5.41) is 11.7. The maximum absolute atomic E-state index is 11.5. The van der Waals surface area contributed by atoms with Gasteiger partial charge in [0.2, 0.25) is 0 Å². The van der Waals surface area contributed by atoms with Gasteiger partial charge >= 0.3 is 0 Å². The van der Waals surface area contributed by atoms with Gasteiger partial charge in [-0.1, -0.05) is 39.3 Å². The van der Waals surface area contributed by atoms with Gasteiger partial charge in [-0.05, 0) is 12.8 Å². The molecule has 1 rings (SSSR count). The maximum Gasteiger partial charge on any atom is 0.135 e. The fraction of sp³-hybridized carbons (Fsp3) is 0.812. The van der Waals surface area contributed by atoms with Crippen molar-refractivity contribution in [1.82, 2.24) is 20.3 Å². The molecule has 5 heteroatoms. The molecule has 0 saturated carbocycles. The molecule has 120 valence electrons. The van der Waals surface area contributed by atoms with E-state index in [0.717, 1.165) is 44.5 Å². The van der Waals surface area contributed by atoms with Crippen LogP contribution in [0.25, 0.3) is 0 Å². The van der Waals surface area contributed by atoms with Crippen LogP contribution in [-0.4, -0.2) is 33.4 Å². The molecule has 1 aromatic heterocycles. The van der Waals surface area contributed by atoms with Crippen molar-refractivity contribution in [3.63, 3.8) is 0 Å². The van der Waals surface area contributed by atoms with Crippen LogP contribution in [0.1, 0.15) is 59.1 Å². The van der Waals surface area contributed by atoms with E-state index in [1.54, 1.807) is 0 Å². The van der Waals surface area contributed by atoms with Crippen molar-refractivity contribution in [2.24, 2.45) is 5.92 Å². The van der Waals surface area contributed by atoms with Crippen LogP contribution in [0.15, 0.2) is 6.20 Å². The number of carbonyl (C=O) groups excluding carboxylic acids is 1. The summed E-state index contributed by atoms with van der Waals surface area (Å²) >= 11 is 0. The molecule has 5 nitrogen and oxygen atoms in total. The Labute approximate surface area is 128 Å². The van der Waals surface area contributed by atoms with Crippen molar-refractivity contribution in [3.05, 3.63) is 11.9 Å². The summed E-state index contributed by atoms with van der Waals surface area (Å²) in [7, 11) is 0. The first kappa shape index (κ1) is 17.8. The first-order chi connectivity index (χ1) is 9.99. The average Bonchev–Trinajstić information content (AvgIpc) is 2.85. The fourth-order valence-corrected chi connectivity index (χ4v) is 2.09. The lowest BCUT2D eigenvalue weighted by Gasteiger charge is -2.05. The number of hydrogen-bond donors (Lipinski definition) is 1. The minimum atomic E-state index is 0.169. The number of Topliss-reactive ketones (excluding diaryl/α,β-unsaturated/α-hetero) is 1. The quantitative estimate of drug-likeness (QED) is 0.637. The van der Waals surface area contributed by atoms with Crippen LogP contribution in [0, 0.1) is 5.92 Å². The van der Waals surface area contributed by atoms with Crippen LogP contribution in [0.3, 0.4) is 0 Å². The van der Waals surface area contributed by atoms with E-state index in [4.69, 9.17) is 0 Å². The van der Waals surface area contributed by atoms with Crippen molar-refractivity contribution >= 4 is 5.78 Å². The van der Waals surface area contributed by atoms with E-state index in [9.17, 15) is 4.79 Å². The Morgan fingerprint density at radius 2 is 2.00 bits per heavy atom. The number of nitrogens with zero attached hydrogens (tertiary/aromatic N) is 3. The van der Waals surface area contributed by atoms with Gasteiger partial charge in [-0.15, -0.1) is 5.10 Å². The van der Waals surface area contributed by atoms with E-state index in [1.807, 2.05) is 24.7 Å². The van der Waals surface area contributed by atoms with Gasteiger partial charge in [0.05, 0.1) is 5.69 Å². The maximum atomic E-state index is 11.5. The Bertz CT molecular complexity index is 412. The average molecular weight is 294 g/mol. The van der Waals surface area contributed by atoms with E-state index in [0.29, 0.717) is 18.2 Å². The molecule has 1 aromatic rings. The third kappa shape index (κ3) is 7.95. The molecule has 0 spiro atoms. The highest BCUT2D eigenvalue weighted by Crippen LogP contribution is 2.07. The number of hydrogen-bond acceptors (Lipinski definition) is 4. The molecule has 1 heterocycles. The number of aryl methyl sites for hydroxylation is 1. The number of ketones is 1. The lowest BCUT2D eigenvalue weighted by molar-refractivity contribution is -0.122. The molecule has 0 fully saturated rings. The van der Waals surface area contributed by atoms with E-state index in [1.165, 1.54) is 0 Å². The van der Waals surface area contributed by atoms with Gasteiger partial charge in [-0.25, -0.2) is 0 Å². The zero-order valence-electron chi connectivity index (χ0n) is 13.9. The first-order valence-electron chi connectivity index (χ1n) is 8.14. The summed E-state index contributed by atoms with van der Waals surface area (Å²) < 4.78 is 1.91. The van der Waals surface area contributed by atoms with Crippen LogP contribution < -0.4 is 5.32 Å². The van der Waals surface area contributed by atoms with Gasteiger partial charge in [0.25, 0.3) is 0 Å². The zero-order valence-corrected chi connectivity index (χ0v) is 13.9. The van der Waals surface area contributed by atoms with Gasteiger partial charge in [-0.3, -0.25) is 9.48 Å². The van der Waals surface area contributed by atoms with Gasteiger partial charge < -0.3 is 5.32 Å². The molecule has 0 aliphatic rings. The van der Waals surface area contributed by atoms with E-state index in [2.05, 4.69) is 29.5 Å². The number of nitrogens with one attached hydrogen (secondary N) is 1. The second-order valence-corrected chi connectivity index (χ2v) is 6.26. The van der Waals surface area contributed by atoms with Crippen molar-refractivity contribution in [1.29, 1.82) is 0 Å². The molecule has 0 radical (unpaired) electrons. The molecule has 0 saturated heterocycles. The molecule has 0 bridgehead atoms. The molecule has 0 atom stereocenters. The molecule has 0 unspecified atom stereocenters. The van der Waals surface area contributed by atoms with Crippen LogP contribution in [0.4, 0.5) is 0 Å². The second kappa shape index (κ2) is 9.66. The standard InChI is InChI=1S/C16H30N4O/c1-13(2)16(21)8-6-5-7-11-20-12-15(18-19-20)9-10-17-14(3)4/h12-14,17H,5-11H2,1-4H3. The lowest BCUT2D eigenvalue weighted by atomic mass is 10.0. The molecule has 0 aliphatic carbocycles. The van der Waals surface area contributed by atoms with Gasteiger partial charge in [-0.2, -0.15) is 0 Å². The SMILES string of the molecule is CC(C)NCCc1cn(CCCCCC(=O)C(C)C)nn1. The Kier molecular flexibility index (Phi) is 8.20. The predicted molar refractivity (Wildman–Crippen MR) is 85.2 cm³/mol. The third-order valence-electron chi connectivity index (χ3n) is 3.47. The number of rotatable bonds is 11. The molecular weight excluding hydrogens is 264 g/mol. The second-order valence-electron chi connectivity index (χ2n) is 6.26. The minimum absolute atomic E-state index is 0.169. The molecule has 1 N–H and O–H groups in total. The molecule has 21 heavy (non-hydrogen) atoms. The summed E-state index contributed by atoms with van der Waals surface area (Å²) in [6, 6.07) is 0.508. The van der Waals surface area contributed by atoms with Crippen LogP contribution in [0.5, 0.6) is 0 Å². The summed E-state index contributed by atoms with van der Waals surface area (Å²) in [5.41, 5.74) is 1.04. The highest BCUT2D eigenvalue weighted by molar-refractivity contribution is 5.80. The number of carbonyl (C=O) groups is 1. The van der Waals surface area contributed by atoms with Gasteiger partial charge in [0.1, 0.15) is 5.78 Å². The number of aromatic nitrogens is 3. The predicted octanol–water partition coefficient (Wildman–Crippen LogP) is 2.60. The van der Waals surface area contributed by atoms with Crippen molar-refractivity contribution in [3.8, 4) is 0 Å². The van der Waals surface area contributed by atoms with Crippen molar-refractivity contribution in [2.75, 3.05) is 6.54 Å². The third-order valence-corrected chi connectivity index (χ3v) is 3.47. The Morgan fingerprint density at radius 1 is 1.24 bits per heavy atom. The monoisotopic (exact) mass is 294 g/mol. The summed E-state index contributed by atoms with van der Waals surface area (Å²) in [5.74, 6) is 0.540. The first-order valence-corrected chi connectivity index (χ1v) is 8.14. The highest BCUT2D eigenvalue weighted by atomic mass is 16.1. The lowest BCUT2D eigenvalue weighted by Crippen LogP contribution is -2.25. The summed E-state index contributed by atoms with van der Waals surface area (Å²) in [6.07, 6.45) is 6.77. The van der Waals surface area contributed by atoms with Crippen LogP contribution in [0.2, 0.25) is 0 Å². The Balaban J connectivity index is 2.13. The normalized spacial score (nSPS) is 11.5. The van der Waals surface area contributed by atoms with E-state index >= 15 is 0 Å². The minimum Gasteiger partial charge on any atom is -0.314 e. The van der Waals surface area contributed by atoms with Crippen molar-refractivity contribution < 1.29 is 4.79 Å².